The molecule has 0 aromatic heterocycles. The number of hydrogen-bond donors (Lipinski definition) is 1. The molecule has 0 aliphatic carbocycles. The van der Waals surface area contributed by atoms with Crippen LogP contribution in [-0.4, -0.2) is 59.7 Å². The fourth-order valence-electron chi connectivity index (χ4n) is 2.64. The SMILES string of the molecule is CC(C)N1CC(C(=O)N2CCNC(=O)CC2)CC1=O. The summed E-state index contributed by atoms with van der Waals surface area (Å²) >= 11 is 0. The van der Waals surface area contributed by atoms with Gasteiger partial charge in [-0.25, -0.2) is 0 Å². The zero-order valence-corrected chi connectivity index (χ0v) is 11.5. The molecule has 3 amide bonds. The van der Waals surface area contributed by atoms with E-state index < -0.39 is 0 Å². The molecule has 1 N–H and O–H groups in total. The number of nitrogens with zero attached hydrogens (tertiary/aromatic N) is 2. The molecular formula is C13H21N3O3. The van der Waals surface area contributed by atoms with Crippen molar-refractivity contribution >= 4 is 17.7 Å². The van der Waals surface area contributed by atoms with Gasteiger partial charge < -0.3 is 15.1 Å². The van der Waals surface area contributed by atoms with Gasteiger partial charge in [-0.1, -0.05) is 0 Å². The van der Waals surface area contributed by atoms with Crippen molar-refractivity contribution < 1.29 is 14.4 Å². The number of nitrogens with one attached hydrogen (secondary N) is 1. The summed E-state index contributed by atoms with van der Waals surface area (Å²) in [4.78, 5) is 38.9. The van der Waals surface area contributed by atoms with Gasteiger partial charge in [-0.05, 0) is 13.8 Å². The topological polar surface area (TPSA) is 69.7 Å². The quantitative estimate of drug-likeness (QED) is 0.739. The Bertz CT molecular complexity index is 395. The van der Waals surface area contributed by atoms with Gasteiger partial charge in [-0.3, -0.25) is 14.4 Å². The summed E-state index contributed by atoms with van der Waals surface area (Å²) < 4.78 is 0. The molecule has 2 aliphatic heterocycles. The molecule has 0 aromatic carbocycles. The number of hydrogen-bond acceptors (Lipinski definition) is 3. The first kappa shape index (κ1) is 13.8. The van der Waals surface area contributed by atoms with Crippen LogP contribution in [0.25, 0.3) is 0 Å². The van der Waals surface area contributed by atoms with Crippen molar-refractivity contribution in [1.29, 1.82) is 0 Å². The highest BCUT2D eigenvalue weighted by Crippen LogP contribution is 2.22. The van der Waals surface area contributed by atoms with Crippen LogP contribution in [0.1, 0.15) is 26.7 Å². The van der Waals surface area contributed by atoms with Crippen LogP contribution in [0.2, 0.25) is 0 Å². The standard InChI is InChI=1S/C13H21N3O3/c1-9(2)16-8-10(7-12(16)18)13(19)15-5-3-11(17)14-4-6-15/h9-10H,3-8H2,1-2H3,(H,14,17). The predicted molar refractivity (Wildman–Crippen MR) is 69.2 cm³/mol. The van der Waals surface area contributed by atoms with Crippen LogP contribution < -0.4 is 5.32 Å². The van der Waals surface area contributed by atoms with Crippen molar-refractivity contribution in [1.82, 2.24) is 15.1 Å². The maximum atomic E-state index is 12.4. The summed E-state index contributed by atoms with van der Waals surface area (Å²) in [7, 11) is 0. The van der Waals surface area contributed by atoms with Gasteiger partial charge in [-0.2, -0.15) is 0 Å². The third kappa shape index (κ3) is 3.05. The highest BCUT2D eigenvalue weighted by Gasteiger charge is 2.37. The van der Waals surface area contributed by atoms with Crippen molar-refractivity contribution in [3.8, 4) is 0 Å². The summed E-state index contributed by atoms with van der Waals surface area (Å²) in [6.45, 7) is 5.92. The first-order valence-electron chi connectivity index (χ1n) is 6.84. The van der Waals surface area contributed by atoms with Crippen LogP contribution in [-0.2, 0) is 14.4 Å². The van der Waals surface area contributed by atoms with Crippen LogP contribution in [0.5, 0.6) is 0 Å². The highest BCUT2D eigenvalue weighted by molar-refractivity contribution is 5.89. The molecule has 0 bridgehead atoms. The monoisotopic (exact) mass is 267 g/mol. The van der Waals surface area contributed by atoms with E-state index in [9.17, 15) is 14.4 Å². The van der Waals surface area contributed by atoms with Gasteiger partial charge in [0.15, 0.2) is 0 Å². The maximum Gasteiger partial charge on any atom is 0.228 e. The minimum absolute atomic E-state index is 0.00741. The van der Waals surface area contributed by atoms with Crippen LogP contribution in [0.4, 0.5) is 0 Å². The Labute approximate surface area is 113 Å². The first-order valence-corrected chi connectivity index (χ1v) is 6.84. The smallest absolute Gasteiger partial charge is 0.228 e. The molecule has 19 heavy (non-hydrogen) atoms. The van der Waals surface area contributed by atoms with Gasteiger partial charge in [0.2, 0.25) is 17.7 Å². The molecule has 6 nitrogen and oxygen atoms in total. The lowest BCUT2D eigenvalue weighted by atomic mass is 10.1. The largest absolute Gasteiger partial charge is 0.354 e. The first-order chi connectivity index (χ1) is 8.99. The van der Waals surface area contributed by atoms with Crippen molar-refractivity contribution in [2.75, 3.05) is 26.2 Å². The van der Waals surface area contributed by atoms with E-state index in [4.69, 9.17) is 0 Å². The zero-order chi connectivity index (χ0) is 14.0. The molecule has 1 unspecified atom stereocenters. The fraction of sp³-hybridized carbons (Fsp3) is 0.769. The van der Waals surface area contributed by atoms with Gasteiger partial charge in [0, 0.05) is 45.1 Å². The van der Waals surface area contributed by atoms with Crippen LogP contribution in [0.3, 0.4) is 0 Å². The lowest BCUT2D eigenvalue weighted by Crippen LogP contribution is -2.40. The number of carbonyl (C=O) groups is 3. The molecule has 0 spiro atoms. The van der Waals surface area contributed by atoms with Crippen molar-refractivity contribution in [3.63, 3.8) is 0 Å². The number of rotatable bonds is 2. The van der Waals surface area contributed by atoms with E-state index in [0.717, 1.165) is 0 Å². The Balaban J connectivity index is 1.97. The second-order valence-corrected chi connectivity index (χ2v) is 5.47. The van der Waals surface area contributed by atoms with Crippen LogP contribution in [0, 0.1) is 5.92 Å². The Kier molecular flexibility index (Phi) is 4.07. The molecule has 2 aliphatic rings. The average molecular weight is 267 g/mol. The molecule has 2 rings (SSSR count). The van der Waals surface area contributed by atoms with Gasteiger partial charge in [0.25, 0.3) is 0 Å². The van der Waals surface area contributed by atoms with Crippen molar-refractivity contribution in [2.24, 2.45) is 5.92 Å². The predicted octanol–water partition coefficient (Wildman–Crippen LogP) is -0.408. The van der Waals surface area contributed by atoms with Gasteiger partial charge in [0.05, 0.1) is 5.92 Å². The molecule has 2 saturated heterocycles. The number of amides is 3. The highest BCUT2D eigenvalue weighted by atomic mass is 16.2. The summed E-state index contributed by atoms with van der Waals surface area (Å²) in [5.74, 6) is -0.199. The average Bonchev–Trinajstić information content (AvgIpc) is 2.61. The van der Waals surface area contributed by atoms with E-state index in [0.29, 0.717) is 39.0 Å². The second-order valence-electron chi connectivity index (χ2n) is 5.47. The van der Waals surface area contributed by atoms with E-state index in [1.165, 1.54) is 0 Å². The summed E-state index contributed by atoms with van der Waals surface area (Å²) in [5.41, 5.74) is 0. The van der Waals surface area contributed by atoms with Crippen molar-refractivity contribution in [2.45, 2.75) is 32.7 Å². The summed E-state index contributed by atoms with van der Waals surface area (Å²) in [5, 5.41) is 2.75. The van der Waals surface area contributed by atoms with Gasteiger partial charge in [0.1, 0.15) is 0 Å². The Morgan fingerprint density at radius 1 is 1.32 bits per heavy atom. The van der Waals surface area contributed by atoms with E-state index in [1.807, 2.05) is 13.8 Å². The molecule has 0 aromatic rings. The van der Waals surface area contributed by atoms with Crippen LogP contribution >= 0.6 is 0 Å². The van der Waals surface area contributed by atoms with Gasteiger partial charge >= 0.3 is 0 Å². The van der Waals surface area contributed by atoms with Crippen molar-refractivity contribution in [3.05, 3.63) is 0 Å². The third-order valence-corrected chi connectivity index (χ3v) is 3.76. The normalized spacial score (nSPS) is 24.7. The molecule has 1 atom stereocenters. The molecule has 2 fully saturated rings. The maximum absolute atomic E-state index is 12.4. The zero-order valence-electron chi connectivity index (χ0n) is 11.5. The van der Waals surface area contributed by atoms with Crippen LogP contribution in [0.15, 0.2) is 0 Å². The second kappa shape index (κ2) is 5.59. The Morgan fingerprint density at radius 3 is 2.68 bits per heavy atom. The molecule has 106 valence electrons. The molecule has 2 heterocycles. The van der Waals surface area contributed by atoms with E-state index >= 15 is 0 Å². The fourth-order valence-corrected chi connectivity index (χ4v) is 2.64. The lowest BCUT2D eigenvalue weighted by molar-refractivity contribution is -0.135. The third-order valence-electron chi connectivity index (χ3n) is 3.76. The minimum atomic E-state index is -0.247. The van der Waals surface area contributed by atoms with Gasteiger partial charge in [-0.15, -0.1) is 0 Å². The van der Waals surface area contributed by atoms with E-state index in [-0.39, 0.29) is 29.7 Å². The van der Waals surface area contributed by atoms with E-state index in [2.05, 4.69) is 5.32 Å². The minimum Gasteiger partial charge on any atom is -0.354 e. The Hall–Kier alpha value is -1.59. The molecule has 0 radical (unpaired) electrons. The number of likely N-dealkylation sites (tertiary alicyclic amines) is 1. The lowest BCUT2D eigenvalue weighted by Gasteiger charge is -2.24. The summed E-state index contributed by atoms with van der Waals surface area (Å²) in [6.07, 6.45) is 0.648. The number of carbonyl (C=O) groups excluding carboxylic acids is 3. The summed E-state index contributed by atoms with van der Waals surface area (Å²) in [6, 6.07) is 0.137. The Morgan fingerprint density at radius 2 is 2.05 bits per heavy atom. The molecule has 6 heteroatoms. The molecule has 0 saturated carbocycles. The van der Waals surface area contributed by atoms with E-state index in [1.54, 1.807) is 9.80 Å². The molecular weight excluding hydrogens is 246 g/mol.